The number of amides is 1. The normalized spacial score (nSPS) is 10.3. The number of anilines is 1. The summed E-state index contributed by atoms with van der Waals surface area (Å²) in [5, 5.41) is 10.1. The fourth-order valence-corrected chi connectivity index (χ4v) is 1.92. The number of nitrogens with one attached hydrogen (secondary N) is 2. The van der Waals surface area contributed by atoms with E-state index in [2.05, 4.69) is 20.7 Å². The summed E-state index contributed by atoms with van der Waals surface area (Å²) in [5.41, 5.74) is 3.31. The van der Waals surface area contributed by atoms with E-state index < -0.39 is 0 Å². The first-order valence-corrected chi connectivity index (χ1v) is 6.52. The second-order valence-corrected chi connectivity index (χ2v) is 4.66. The molecule has 0 aromatic carbocycles. The van der Waals surface area contributed by atoms with Crippen LogP contribution in [0.2, 0.25) is 0 Å². The molecule has 2 heterocycles. The van der Waals surface area contributed by atoms with Crippen LogP contribution in [0.25, 0.3) is 0 Å². The maximum Gasteiger partial charge on any atom is 0.255 e. The Bertz CT molecular complexity index is 605. The van der Waals surface area contributed by atoms with Gasteiger partial charge in [0.1, 0.15) is 0 Å². The van der Waals surface area contributed by atoms with Gasteiger partial charge in [-0.1, -0.05) is 0 Å². The molecule has 0 saturated carbocycles. The Kier molecular flexibility index (Phi) is 4.34. The molecule has 6 heteroatoms. The molecule has 0 aliphatic carbocycles. The summed E-state index contributed by atoms with van der Waals surface area (Å²) in [5.74, 6) is -0.134. The summed E-state index contributed by atoms with van der Waals surface area (Å²) in [6.07, 6.45) is 5.33. The number of aromatic nitrogens is 3. The number of hydrogen-bond acceptors (Lipinski definition) is 4. The van der Waals surface area contributed by atoms with Crippen molar-refractivity contribution in [3.8, 4) is 0 Å². The Balaban J connectivity index is 1.95. The molecule has 0 fully saturated rings. The molecular formula is C14H19N5O. The van der Waals surface area contributed by atoms with Crippen molar-refractivity contribution in [1.29, 1.82) is 0 Å². The van der Waals surface area contributed by atoms with Gasteiger partial charge in [0.2, 0.25) is 0 Å². The molecule has 0 atom stereocenters. The number of carbonyl (C=O) groups excluding carboxylic acids is 1. The van der Waals surface area contributed by atoms with Crippen LogP contribution in [-0.2, 0) is 6.54 Å². The first-order chi connectivity index (χ1) is 9.60. The molecule has 0 saturated heterocycles. The maximum atomic E-state index is 12.1. The quantitative estimate of drug-likeness (QED) is 0.863. The summed E-state index contributed by atoms with van der Waals surface area (Å²) in [7, 11) is 1.79. The zero-order chi connectivity index (χ0) is 14.5. The lowest BCUT2D eigenvalue weighted by Gasteiger charge is -2.10. The monoisotopic (exact) mass is 273 g/mol. The zero-order valence-corrected chi connectivity index (χ0v) is 12.0. The van der Waals surface area contributed by atoms with E-state index in [4.69, 9.17) is 0 Å². The third kappa shape index (κ3) is 3.34. The van der Waals surface area contributed by atoms with Gasteiger partial charge in [0.05, 0.1) is 24.0 Å². The van der Waals surface area contributed by atoms with Gasteiger partial charge in [0.15, 0.2) is 0 Å². The maximum absolute atomic E-state index is 12.1. The topological polar surface area (TPSA) is 71.8 Å². The van der Waals surface area contributed by atoms with E-state index >= 15 is 0 Å². The van der Waals surface area contributed by atoms with Crippen molar-refractivity contribution >= 4 is 11.6 Å². The highest BCUT2D eigenvalue weighted by Gasteiger charge is 2.11. The van der Waals surface area contributed by atoms with Crippen LogP contribution in [0.3, 0.4) is 0 Å². The van der Waals surface area contributed by atoms with E-state index in [0.29, 0.717) is 18.7 Å². The second kappa shape index (κ2) is 6.18. The summed E-state index contributed by atoms with van der Waals surface area (Å²) in [4.78, 5) is 16.3. The van der Waals surface area contributed by atoms with Gasteiger partial charge in [-0.05, 0) is 25.5 Å². The minimum absolute atomic E-state index is 0.134. The lowest BCUT2D eigenvalue weighted by Crippen LogP contribution is -2.28. The van der Waals surface area contributed by atoms with Crippen molar-refractivity contribution in [3.05, 3.63) is 41.5 Å². The number of aryl methyl sites for hydroxylation is 2. The molecule has 0 aliphatic rings. The van der Waals surface area contributed by atoms with Crippen LogP contribution in [0, 0.1) is 13.8 Å². The fraction of sp³-hybridized carbons (Fsp3) is 0.357. The summed E-state index contributed by atoms with van der Waals surface area (Å²) >= 11 is 0. The predicted octanol–water partition coefficient (Wildman–Crippen LogP) is 1.37. The standard InChI is InChI=1S/C14H19N5O/c1-10-7-18-19(9-10)5-4-16-14(20)12-8-17-11(2)6-13(12)15-3/h6-9H,4-5H2,1-3H3,(H,15,17)(H,16,20). The number of carbonyl (C=O) groups is 1. The van der Waals surface area contributed by atoms with Crippen molar-refractivity contribution < 1.29 is 4.79 Å². The molecule has 2 N–H and O–H groups in total. The first-order valence-electron chi connectivity index (χ1n) is 6.52. The second-order valence-electron chi connectivity index (χ2n) is 4.66. The van der Waals surface area contributed by atoms with E-state index in [-0.39, 0.29) is 5.91 Å². The van der Waals surface area contributed by atoms with Gasteiger partial charge in [-0.25, -0.2) is 0 Å². The Hall–Kier alpha value is -2.37. The van der Waals surface area contributed by atoms with Gasteiger partial charge in [-0.15, -0.1) is 0 Å². The average molecular weight is 273 g/mol. The number of nitrogens with zero attached hydrogens (tertiary/aromatic N) is 3. The minimum Gasteiger partial charge on any atom is -0.387 e. The van der Waals surface area contributed by atoms with E-state index in [9.17, 15) is 4.79 Å². The highest BCUT2D eigenvalue weighted by Crippen LogP contribution is 2.14. The van der Waals surface area contributed by atoms with Gasteiger partial charge in [0.25, 0.3) is 5.91 Å². The number of rotatable bonds is 5. The SMILES string of the molecule is CNc1cc(C)ncc1C(=O)NCCn1cc(C)cn1. The Morgan fingerprint density at radius 2 is 2.15 bits per heavy atom. The van der Waals surface area contributed by atoms with Crippen LogP contribution in [-0.4, -0.2) is 34.3 Å². The van der Waals surface area contributed by atoms with Crippen LogP contribution in [0.1, 0.15) is 21.6 Å². The molecule has 0 bridgehead atoms. The lowest BCUT2D eigenvalue weighted by atomic mass is 10.2. The van der Waals surface area contributed by atoms with E-state index in [1.807, 2.05) is 30.8 Å². The summed E-state index contributed by atoms with van der Waals surface area (Å²) in [6.45, 7) is 5.05. The Morgan fingerprint density at radius 1 is 1.35 bits per heavy atom. The Labute approximate surface area is 118 Å². The van der Waals surface area contributed by atoms with Gasteiger partial charge in [-0.3, -0.25) is 14.5 Å². The van der Waals surface area contributed by atoms with Crippen LogP contribution in [0.5, 0.6) is 0 Å². The molecule has 106 valence electrons. The average Bonchev–Trinajstić information content (AvgIpc) is 2.84. The van der Waals surface area contributed by atoms with Gasteiger partial charge < -0.3 is 10.6 Å². The van der Waals surface area contributed by atoms with Crippen molar-refractivity contribution in [2.45, 2.75) is 20.4 Å². The number of hydrogen-bond donors (Lipinski definition) is 2. The molecular weight excluding hydrogens is 254 g/mol. The highest BCUT2D eigenvalue weighted by molar-refractivity contribution is 5.99. The number of pyridine rings is 1. The van der Waals surface area contributed by atoms with E-state index in [1.54, 1.807) is 19.4 Å². The summed E-state index contributed by atoms with van der Waals surface area (Å²) < 4.78 is 1.81. The Morgan fingerprint density at radius 3 is 2.80 bits per heavy atom. The summed E-state index contributed by atoms with van der Waals surface area (Å²) in [6, 6.07) is 1.85. The minimum atomic E-state index is -0.134. The smallest absolute Gasteiger partial charge is 0.255 e. The molecule has 2 aromatic heterocycles. The molecule has 6 nitrogen and oxygen atoms in total. The van der Waals surface area contributed by atoms with Crippen LogP contribution in [0.4, 0.5) is 5.69 Å². The van der Waals surface area contributed by atoms with E-state index in [1.165, 1.54) is 0 Å². The van der Waals surface area contributed by atoms with Gasteiger partial charge in [0, 0.05) is 31.7 Å². The molecule has 0 spiro atoms. The fourth-order valence-electron chi connectivity index (χ4n) is 1.92. The van der Waals surface area contributed by atoms with Gasteiger partial charge in [-0.2, -0.15) is 5.10 Å². The first kappa shape index (κ1) is 14.0. The van der Waals surface area contributed by atoms with Crippen LogP contribution >= 0.6 is 0 Å². The van der Waals surface area contributed by atoms with Crippen LogP contribution < -0.4 is 10.6 Å². The third-order valence-corrected chi connectivity index (χ3v) is 2.94. The van der Waals surface area contributed by atoms with Crippen LogP contribution in [0.15, 0.2) is 24.7 Å². The third-order valence-electron chi connectivity index (χ3n) is 2.94. The van der Waals surface area contributed by atoms with E-state index in [0.717, 1.165) is 16.9 Å². The molecule has 1 amide bonds. The molecule has 2 aromatic rings. The van der Waals surface area contributed by atoms with Gasteiger partial charge >= 0.3 is 0 Å². The van der Waals surface area contributed by atoms with Crippen molar-refractivity contribution in [2.75, 3.05) is 18.9 Å². The zero-order valence-electron chi connectivity index (χ0n) is 12.0. The van der Waals surface area contributed by atoms with Crippen molar-refractivity contribution in [2.24, 2.45) is 0 Å². The molecule has 20 heavy (non-hydrogen) atoms. The molecule has 0 radical (unpaired) electrons. The molecule has 2 rings (SSSR count). The van der Waals surface area contributed by atoms with Crippen molar-refractivity contribution in [3.63, 3.8) is 0 Å². The predicted molar refractivity (Wildman–Crippen MR) is 77.8 cm³/mol. The lowest BCUT2D eigenvalue weighted by molar-refractivity contribution is 0.0952. The van der Waals surface area contributed by atoms with Crippen molar-refractivity contribution in [1.82, 2.24) is 20.1 Å². The highest BCUT2D eigenvalue weighted by atomic mass is 16.1. The molecule has 0 unspecified atom stereocenters. The molecule has 0 aliphatic heterocycles. The largest absolute Gasteiger partial charge is 0.387 e.